The van der Waals surface area contributed by atoms with Gasteiger partial charge < -0.3 is 25.0 Å². The van der Waals surface area contributed by atoms with Gasteiger partial charge in [0.25, 0.3) is 0 Å². The minimum Gasteiger partial charge on any atom is -0.507 e. The van der Waals surface area contributed by atoms with Crippen molar-refractivity contribution < 1.29 is 38.1 Å². The Morgan fingerprint density at radius 1 is 1.03 bits per heavy atom. The molecular weight excluding hydrogens is 535 g/mol. The average Bonchev–Trinajstić information content (AvgIpc) is 3.39. The standard InChI is InChI=1S/C23H24Cl2N2O8S/c24-16-7-14(27(10-21(29)30)11-22(31)32)8-17(25)23(16)35-15-3-4-19(28)20(9-15)36(33,34)26-18-6-12-1-2-13(18)5-12/h3-4,7-9,12-13,18,26,28H,1-2,5-6,10-11H2,(H,29,30)(H,31,32). The first kappa shape index (κ1) is 26.3. The molecule has 2 bridgehead atoms. The fourth-order valence-electron chi connectivity index (χ4n) is 4.93. The number of ether oxygens (including phenoxy) is 1. The van der Waals surface area contributed by atoms with Gasteiger partial charge in [-0.25, -0.2) is 13.1 Å². The van der Waals surface area contributed by atoms with Crippen molar-refractivity contribution in [3.63, 3.8) is 0 Å². The van der Waals surface area contributed by atoms with Gasteiger partial charge in [0.05, 0.1) is 10.0 Å². The third kappa shape index (κ3) is 5.80. The molecule has 4 rings (SSSR count). The summed E-state index contributed by atoms with van der Waals surface area (Å²) in [4.78, 5) is 23.0. The summed E-state index contributed by atoms with van der Waals surface area (Å²) >= 11 is 12.6. The molecule has 3 unspecified atom stereocenters. The fraction of sp³-hybridized carbons (Fsp3) is 0.391. The van der Waals surface area contributed by atoms with Crippen LogP contribution >= 0.6 is 23.2 Å². The number of fused-ring (bicyclic) bond motifs is 2. The van der Waals surface area contributed by atoms with Crippen LogP contribution in [0.3, 0.4) is 0 Å². The number of anilines is 1. The molecule has 0 spiro atoms. The number of aliphatic carboxylic acids is 2. The van der Waals surface area contributed by atoms with Crippen molar-refractivity contribution in [2.24, 2.45) is 11.8 Å². The van der Waals surface area contributed by atoms with E-state index in [1.54, 1.807) is 0 Å². The number of hydrogen-bond acceptors (Lipinski definition) is 7. The number of phenolic OH excluding ortho intramolecular Hbond substituents is 1. The van der Waals surface area contributed by atoms with Gasteiger partial charge in [-0.15, -0.1) is 0 Å². The predicted molar refractivity (Wildman–Crippen MR) is 132 cm³/mol. The summed E-state index contributed by atoms with van der Waals surface area (Å²) in [6.45, 7) is -1.21. The highest BCUT2D eigenvalue weighted by Gasteiger charge is 2.41. The van der Waals surface area contributed by atoms with E-state index in [4.69, 9.17) is 38.2 Å². The molecule has 36 heavy (non-hydrogen) atoms. The number of carbonyl (C=O) groups is 2. The molecule has 3 atom stereocenters. The number of aromatic hydroxyl groups is 1. The van der Waals surface area contributed by atoms with Crippen LogP contribution in [0.5, 0.6) is 17.2 Å². The lowest BCUT2D eigenvalue weighted by Gasteiger charge is -2.23. The number of phenols is 1. The monoisotopic (exact) mass is 558 g/mol. The summed E-state index contributed by atoms with van der Waals surface area (Å²) in [6, 6.07) is 6.10. The highest BCUT2D eigenvalue weighted by atomic mass is 35.5. The molecule has 10 nitrogen and oxygen atoms in total. The third-order valence-corrected chi connectivity index (χ3v) is 8.57. The summed E-state index contributed by atoms with van der Waals surface area (Å²) in [6.07, 6.45) is 3.88. The van der Waals surface area contributed by atoms with Gasteiger partial charge in [0, 0.05) is 17.8 Å². The highest BCUT2D eigenvalue weighted by Crippen LogP contribution is 2.45. The molecule has 0 amide bonds. The lowest BCUT2D eigenvalue weighted by Crippen LogP contribution is -2.38. The Bertz CT molecular complexity index is 1260. The second kappa shape index (κ2) is 10.3. The fourth-order valence-corrected chi connectivity index (χ4v) is 6.92. The number of carboxylic acids is 2. The molecule has 0 saturated heterocycles. The molecule has 2 saturated carbocycles. The molecule has 0 aromatic heterocycles. The summed E-state index contributed by atoms with van der Waals surface area (Å²) < 4.78 is 34.5. The van der Waals surface area contributed by atoms with Crippen molar-refractivity contribution in [1.82, 2.24) is 4.72 Å². The van der Waals surface area contributed by atoms with E-state index in [1.165, 1.54) is 24.3 Å². The molecule has 0 radical (unpaired) electrons. The van der Waals surface area contributed by atoms with E-state index in [0.29, 0.717) is 11.8 Å². The van der Waals surface area contributed by atoms with Crippen LogP contribution in [0.1, 0.15) is 25.7 Å². The maximum absolute atomic E-state index is 13.0. The molecule has 2 aliphatic carbocycles. The van der Waals surface area contributed by atoms with E-state index in [1.807, 2.05) is 0 Å². The lowest BCUT2D eigenvalue weighted by atomic mass is 9.96. The van der Waals surface area contributed by atoms with E-state index in [0.717, 1.165) is 36.6 Å². The van der Waals surface area contributed by atoms with Gasteiger partial charge in [0.2, 0.25) is 10.0 Å². The number of nitrogens with zero attached hydrogens (tertiary/aromatic N) is 1. The van der Waals surface area contributed by atoms with Gasteiger partial charge >= 0.3 is 11.9 Å². The Morgan fingerprint density at radius 2 is 1.67 bits per heavy atom. The molecule has 2 fully saturated rings. The minimum atomic E-state index is -4.04. The number of nitrogens with one attached hydrogen (secondary N) is 1. The van der Waals surface area contributed by atoms with E-state index in [-0.39, 0.29) is 38.2 Å². The molecule has 2 aromatic rings. The Hall–Kier alpha value is -2.73. The Morgan fingerprint density at radius 3 is 2.19 bits per heavy atom. The Labute approximate surface area is 217 Å². The second-order valence-electron chi connectivity index (χ2n) is 9.02. The van der Waals surface area contributed by atoms with Crippen LogP contribution < -0.4 is 14.4 Å². The van der Waals surface area contributed by atoms with Crippen LogP contribution in [0.15, 0.2) is 35.2 Å². The largest absolute Gasteiger partial charge is 0.507 e. The number of rotatable bonds is 10. The van der Waals surface area contributed by atoms with Crippen molar-refractivity contribution in [3.05, 3.63) is 40.4 Å². The van der Waals surface area contributed by atoms with Crippen molar-refractivity contribution >= 4 is 50.9 Å². The van der Waals surface area contributed by atoms with Crippen LogP contribution in [0.4, 0.5) is 5.69 Å². The van der Waals surface area contributed by atoms with Crippen molar-refractivity contribution in [3.8, 4) is 17.2 Å². The minimum absolute atomic E-state index is 0.0330. The van der Waals surface area contributed by atoms with Gasteiger partial charge in [-0.05, 0) is 55.4 Å². The maximum Gasteiger partial charge on any atom is 0.323 e. The number of benzene rings is 2. The quantitative estimate of drug-likeness (QED) is 0.339. The summed E-state index contributed by atoms with van der Waals surface area (Å²) in [5.74, 6) is -2.14. The normalized spacial score (nSPS) is 20.9. The number of sulfonamides is 1. The van der Waals surface area contributed by atoms with Gasteiger partial charge in [-0.1, -0.05) is 29.6 Å². The van der Waals surface area contributed by atoms with Crippen LogP contribution in [-0.4, -0.2) is 54.8 Å². The number of hydrogen-bond donors (Lipinski definition) is 4. The first-order valence-corrected chi connectivity index (χ1v) is 13.4. The summed E-state index contributed by atoms with van der Waals surface area (Å²) in [5, 5.41) is 28.3. The first-order valence-electron chi connectivity index (χ1n) is 11.1. The lowest BCUT2D eigenvalue weighted by molar-refractivity contribution is -0.136. The predicted octanol–water partition coefficient (Wildman–Crippen LogP) is 3.93. The topological polar surface area (TPSA) is 153 Å². The van der Waals surface area contributed by atoms with Gasteiger partial charge in [-0.3, -0.25) is 9.59 Å². The maximum atomic E-state index is 13.0. The van der Waals surface area contributed by atoms with Crippen molar-refractivity contribution in [2.75, 3.05) is 18.0 Å². The molecule has 2 aliphatic rings. The average molecular weight is 559 g/mol. The summed E-state index contributed by atoms with van der Waals surface area (Å²) in [5.41, 5.74) is 0.145. The SMILES string of the molecule is O=C(O)CN(CC(=O)O)c1cc(Cl)c(Oc2ccc(O)c(S(=O)(=O)NC3CC4CCC3C4)c2)c(Cl)c1. The second-order valence-corrected chi connectivity index (χ2v) is 11.5. The number of carboxylic acid groups (broad SMARTS) is 2. The zero-order chi connectivity index (χ0) is 26.2. The molecular formula is C23H24Cl2N2O8S. The highest BCUT2D eigenvalue weighted by molar-refractivity contribution is 7.89. The molecule has 0 heterocycles. The molecule has 2 aromatic carbocycles. The van der Waals surface area contributed by atoms with Gasteiger partial charge in [0.15, 0.2) is 5.75 Å². The van der Waals surface area contributed by atoms with Crippen LogP contribution in [0, 0.1) is 11.8 Å². The van der Waals surface area contributed by atoms with E-state index >= 15 is 0 Å². The van der Waals surface area contributed by atoms with Crippen LogP contribution in [-0.2, 0) is 19.6 Å². The van der Waals surface area contributed by atoms with Crippen molar-refractivity contribution in [1.29, 1.82) is 0 Å². The van der Waals surface area contributed by atoms with Gasteiger partial charge in [0.1, 0.15) is 29.5 Å². The molecule has 0 aliphatic heterocycles. The summed E-state index contributed by atoms with van der Waals surface area (Å²) in [7, 11) is -4.04. The Balaban J connectivity index is 1.57. The molecule has 4 N–H and O–H groups in total. The van der Waals surface area contributed by atoms with Crippen LogP contribution in [0.25, 0.3) is 0 Å². The zero-order valence-electron chi connectivity index (χ0n) is 18.9. The van der Waals surface area contributed by atoms with E-state index in [9.17, 15) is 23.1 Å². The van der Waals surface area contributed by atoms with Crippen molar-refractivity contribution in [2.45, 2.75) is 36.6 Å². The smallest absolute Gasteiger partial charge is 0.323 e. The van der Waals surface area contributed by atoms with Crippen LogP contribution in [0.2, 0.25) is 10.0 Å². The zero-order valence-corrected chi connectivity index (χ0v) is 21.2. The number of halogens is 2. The first-order chi connectivity index (χ1) is 16.9. The molecule has 194 valence electrons. The van der Waals surface area contributed by atoms with E-state index < -0.39 is 40.8 Å². The van der Waals surface area contributed by atoms with Gasteiger partial charge in [-0.2, -0.15) is 0 Å². The van der Waals surface area contributed by atoms with E-state index in [2.05, 4.69) is 4.72 Å². The molecule has 13 heteroatoms. The third-order valence-electron chi connectivity index (χ3n) is 6.49. The Kier molecular flexibility index (Phi) is 7.56.